The molecule has 0 saturated carbocycles. The van der Waals surface area contributed by atoms with Crippen LogP contribution in [0.25, 0.3) is 6.08 Å². The molecule has 0 bridgehead atoms. The number of methoxy groups -OCH3 is 2. The van der Waals surface area contributed by atoms with Crippen LogP contribution in [0.4, 0.5) is 5.82 Å². The highest BCUT2D eigenvalue weighted by atomic mass is 16.5. The molecule has 1 aliphatic rings. The fourth-order valence-corrected chi connectivity index (χ4v) is 3.25. The minimum atomic E-state index is -0.223. The number of hydrogen-bond donors (Lipinski definition) is 1. The minimum absolute atomic E-state index is 0.223. The van der Waals surface area contributed by atoms with Crippen molar-refractivity contribution >= 4 is 17.8 Å². The highest BCUT2D eigenvalue weighted by Crippen LogP contribution is 2.31. The average molecular weight is 391 g/mol. The first-order valence-corrected chi connectivity index (χ1v) is 9.15. The summed E-state index contributed by atoms with van der Waals surface area (Å²) in [5.41, 5.74) is 2.33. The molecule has 1 amide bonds. The zero-order valence-corrected chi connectivity index (χ0v) is 16.2. The van der Waals surface area contributed by atoms with Gasteiger partial charge in [-0.3, -0.25) is 4.79 Å². The van der Waals surface area contributed by atoms with Crippen LogP contribution >= 0.6 is 0 Å². The molecule has 0 atom stereocenters. The molecule has 148 valence electrons. The predicted molar refractivity (Wildman–Crippen MR) is 109 cm³/mol. The van der Waals surface area contributed by atoms with Gasteiger partial charge in [-0.15, -0.1) is 0 Å². The molecule has 3 aromatic rings. The summed E-state index contributed by atoms with van der Waals surface area (Å²) < 4.78 is 18.2. The lowest BCUT2D eigenvalue weighted by Crippen LogP contribution is -2.23. The van der Waals surface area contributed by atoms with E-state index in [2.05, 4.69) is 10.4 Å². The van der Waals surface area contributed by atoms with Crippen molar-refractivity contribution in [1.29, 1.82) is 0 Å². The lowest BCUT2D eigenvalue weighted by molar-refractivity contribution is -0.113. The summed E-state index contributed by atoms with van der Waals surface area (Å²) in [6.45, 7) is 0.641. The topological polar surface area (TPSA) is 74.6 Å². The Hall–Kier alpha value is -3.74. The molecule has 0 aliphatic carbocycles. The first kappa shape index (κ1) is 18.6. The van der Waals surface area contributed by atoms with Crippen molar-refractivity contribution in [3.8, 4) is 17.2 Å². The Morgan fingerprint density at radius 3 is 2.83 bits per heavy atom. The van der Waals surface area contributed by atoms with E-state index in [1.165, 1.54) is 0 Å². The minimum Gasteiger partial charge on any atom is -0.493 e. The van der Waals surface area contributed by atoms with Crippen LogP contribution in [-0.2, 0) is 11.3 Å². The van der Waals surface area contributed by atoms with Gasteiger partial charge in [0.1, 0.15) is 18.2 Å². The first-order valence-electron chi connectivity index (χ1n) is 9.15. The van der Waals surface area contributed by atoms with E-state index in [-0.39, 0.29) is 12.5 Å². The third kappa shape index (κ3) is 3.80. The molecule has 0 spiro atoms. The second-order valence-electron chi connectivity index (χ2n) is 6.48. The molecule has 0 fully saturated rings. The summed E-state index contributed by atoms with van der Waals surface area (Å²) in [7, 11) is 3.19. The molecule has 1 aromatic heterocycles. The van der Waals surface area contributed by atoms with Gasteiger partial charge < -0.3 is 19.5 Å². The summed E-state index contributed by atoms with van der Waals surface area (Å²) in [5, 5.41) is 7.25. The summed E-state index contributed by atoms with van der Waals surface area (Å²) in [4.78, 5) is 12.8. The maximum absolute atomic E-state index is 12.8. The van der Waals surface area contributed by atoms with E-state index in [9.17, 15) is 4.79 Å². The third-order valence-corrected chi connectivity index (χ3v) is 4.69. The van der Waals surface area contributed by atoms with E-state index in [0.29, 0.717) is 29.4 Å². The van der Waals surface area contributed by atoms with Gasteiger partial charge in [-0.1, -0.05) is 30.3 Å². The summed E-state index contributed by atoms with van der Waals surface area (Å²) in [6, 6.07) is 15.0. The van der Waals surface area contributed by atoms with Crippen LogP contribution in [0.5, 0.6) is 17.2 Å². The Morgan fingerprint density at radius 1 is 1.14 bits per heavy atom. The molecule has 0 saturated heterocycles. The van der Waals surface area contributed by atoms with Crippen LogP contribution in [0, 0.1) is 0 Å². The molecule has 7 nitrogen and oxygen atoms in total. The number of anilines is 1. The molecule has 2 heterocycles. The maximum Gasteiger partial charge on any atom is 0.256 e. The number of carbonyl (C=O) groups is 1. The van der Waals surface area contributed by atoms with Crippen molar-refractivity contribution in [3.05, 3.63) is 71.4 Å². The van der Waals surface area contributed by atoms with Crippen molar-refractivity contribution in [2.75, 3.05) is 26.1 Å². The zero-order chi connectivity index (χ0) is 20.2. The monoisotopic (exact) mass is 391 g/mol. The molecular weight excluding hydrogens is 370 g/mol. The largest absolute Gasteiger partial charge is 0.493 e. The predicted octanol–water partition coefficient (Wildman–Crippen LogP) is 3.36. The molecule has 1 N–H and O–H groups in total. The number of benzene rings is 2. The second kappa shape index (κ2) is 8.10. The molecule has 29 heavy (non-hydrogen) atoms. The number of nitrogens with zero attached hydrogens (tertiary/aromatic N) is 2. The van der Waals surface area contributed by atoms with Crippen molar-refractivity contribution in [2.45, 2.75) is 6.54 Å². The first-order chi connectivity index (χ1) is 14.2. The number of fused-ring (bicyclic) bond motifs is 1. The SMILES string of the molecule is COc1cccc(Cn2nccc2NC(=O)C2=Cc3ccccc3OC2)c1OC. The zero-order valence-electron chi connectivity index (χ0n) is 16.2. The van der Waals surface area contributed by atoms with Crippen LogP contribution in [0.1, 0.15) is 11.1 Å². The molecule has 0 unspecified atom stereocenters. The molecule has 4 rings (SSSR count). The number of amides is 1. The van der Waals surface area contributed by atoms with Gasteiger partial charge in [-0.25, -0.2) is 4.68 Å². The van der Waals surface area contributed by atoms with Crippen LogP contribution in [0.15, 0.2) is 60.3 Å². The normalized spacial score (nSPS) is 12.4. The maximum atomic E-state index is 12.8. The fourth-order valence-electron chi connectivity index (χ4n) is 3.25. The fraction of sp³-hybridized carbons (Fsp3) is 0.182. The number of aromatic nitrogens is 2. The Labute approximate surface area is 168 Å². The van der Waals surface area contributed by atoms with E-state index in [4.69, 9.17) is 14.2 Å². The van der Waals surface area contributed by atoms with Gasteiger partial charge in [0.15, 0.2) is 11.5 Å². The smallest absolute Gasteiger partial charge is 0.256 e. The van der Waals surface area contributed by atoms with E-state index in [1.54, 1.807) is 31.2 Å². The number of nitrogens with one attached hydrogen (secondary N) is 1. The third-order valence-electron chi connectivity index (χ3n) is 4.69. The van der Waals surface area contributed by atoms with Crippen molar-refractivity contribution in [2.24, 2.45) is 0 Å². The van der Waals surface area contributed by atoms with Crippen molar-refractivity contribution < 1.29 is 19.0 Å². The number of rotatable bonds is 6. The quantitative estimate of drug-likeness (QED) is 0.697. The van der Waals surface area contributed by atoms with Crippen LogP contribution in [-0.4, -0.2) is 36.5 Å². The summed E-state index contributed by atoms with van der Waals surface area (Å²) in [5.74, 6) is 2.42. The molecule has 7 heteroatoms. The van der Waals surface area contributed by atoms with E-state index >= 15 is 0 Å². The molecule has 1 aliphatic heterocycles. The van der Waals surface area contributed by atoms with E-state index in [0.717, 1.165) is 16.9 Å². The van der Waals surface area contributed by atoms with Crippen molar-refractivity contribution in [1.82, 2.24) is 9.78 Å². The van der Waals surface area contributed by atoms with Gasteiger partial charge in [0.25, 0.3) is 5.91 Å². The van der Waals surface area contributed by atoms with Gasteiger partial charge in [0.2, 0.25) is 0 Å². The average Bonchev–Trinajstić information content (AvgIpc) is 3.19. The number of para-hydroxylation sites is 2. The van der Waals surface area contributed by atoms with Gasteiger partial charge in [-0.05, 0) is 18.2 Å². The van der Waals surface area contributed by atoms with E-state index < -0.39 is 0 Å². The Morgan fingerprint density at radius 2 is 2.00 bits per heavy atom. The van der Waals surface area contributed by atoms with Crippen LogP contribution in [0.2, 0.25) is 0 Å². The summed E-state index contributed by atoms with van der Waals surface area (Å²) >= 11 is 0. The Bertz CT molecular complexity index is 1070. The van der Waals surface area contributed by atoms with Crippen molar-refractivity contribution in [3.63, 3.8) is 0 Å². The Balaban J connectivity index is 1.54. The van der Waals surface area contributed by atoms with E-state index in [1.807, 2.05) is 48.5 Å². The highest BCUT2D eigenvalue weighted by molar-refractivity contribution is 6.07. The number of ether oxygens (including phenoxy) is 3. The van der Waals surface area contributed by atoms with Crippen LogP contribution in [0.3, 0.4) is 0 Å². The number of hydrogen-bond acceptors (Lipinski definition) is 5. The molecule has 0 radical (unpaired) electrons. The standard InChI is InChI=1S/C22H21N3O4/c1-27-19-9-5-7-16(21(19)28-2)13-25-20(10-11-23-25)24-22(26)17-12-15-6-3-4-8-18(15)29-14-17/h3-12H,13-14H2,1-2H3,(H,24,26). The van der Waals surface area contributed by atoms with Gasteiger partial charge >= 0.3 is 0 Å². The highest BCUT2D eigenvalue weighted by Gasteiger charge is 2.19. The second-order valence-corrected chi connectivity index (χ2v) is 6.48. The molecular formula is C22H21N3O4. The Kier molecular flexibility index (Phi) is 5.20. The summed E-state index contributed by atoms with van der Waals surface area (Å²) in [6.07, 6.45) is 3.49. The van der Waals surface area contributed by atoms with Crippen LogP contribution < -0.4 is 19.5 Å². The van der Waals surface area contributed by atoms with Gasteiger partial charge in [0.05, 0.1) is 32.5 Å². The lowest BCUT2D eigenvalue weighted by atomic mass is 10.1. The van der Waals surface area contributed by atoms with Gasteiger partial charge in [-0.2, -0.15) is 5.10 Å². The molecule has 2 aromatic carbocycles. The lowest BCUT2D eigenvalue weighted by Gasteiger charge is -2.18. The van der Waals surface area contributed by atoms with Gasteiger partial charge in [0, 0.05) is 17.2 Å². The number of carbonyl (C=O) groups excluding carboxylic acids is 1.